The van der Waals surface area contributed by atoms with Crippen molar-refractivity contribution < 1.29 is 9.90 Å². The third-order valence-corrected chi connectivity index (χ3v) is 4.19. The van der Waals surface area contributed by atoms with E-state index in [0.29, 0.717) is 11.6 Å². The van der Waals surface area contributed by atoms with Crippen molar-refractivity contribution in [3.63, 3.8) is 0 Å². The summed E-state index contributed by atoms with van der Waals surface area (Å²) < 4.78 is 2.32. The van der Waals surface area contributed by atoms with Crippen molar-refractivity contribution in [3.05, 3.63) is 29.6 Å². The summed E-state index contributed by atoms with van der Waals surface area (Å²) in [5.41, 5.74) is 2.18. The molecule has 1 saturated carbocycles. The fraction of sp³-hybridized carbons (Fsp3) is 0.500. The molecular formula is C16H20N2O2. The molecule has 4 nitrogen and oxygen atoms in total. The van der Waals surface area contributed by atoms with Gasteiger partial charge >= 0.3 is 5.97 Å². The van der Waals surface area contributed by atoms with Crippen molar-refractivity contribution in [2.75, 3.05) is 0 Å². The Balaban J connectivity index is 2.13. The lowest BCUT2D eigenvalue weighted by atomic mass is 10.1. The highest BCUT2D eigenvalue weighted by atomic mass is 16.4. The molecule has 1 aromatic heterocycles. The molecule has 0 saturated heterocycles. The minimum Gasteiger partial charge on any atom is -0.478 e. The van der Waals surface area contributed by atoms with Crippen LogP contribution >= 0.6 is 0 Å². The maximum Gasteiger partial charge on any atom is 0.335 e. The minimum absolute atomic E-state index is 0.310. The largest absolute Gasteiger partial charge is 0.478 e. The van der Waals surface area contributed by atoms with Crippen LogP contribution in [0.3, 0.4) is 0 Å². The van der Waals surface area contributed by atoms with Crippen molar-refractivity contribution in [2.45, 2.75) is 45.6 Å². The molecule has 2 aromatic rings. The van der Waals surface area contributed by atoms with E-state index in [0.717, 1.165) is 35.6 Å². The van der Waals surface area contributed by atoms with Gasteiger partial charge in [-0.1, -0.05) is 6.92 Å². The molecule has 1 unspecified atom stereocenters. The lowest BCUT2D eigenvalue weighted by Crippen LogP contribution is -2.11. The average molecular weight is 272 g/mol. The summed E-state index contributed by atoms with van der Waals surface area (Å²) in [6.07, 6.45) is 4.57. The highest BCUT2D eigenvalue weighted by Crippen LogP contribution is 2.41. The fourth-order valence-corrected chi connectivity index (χ4v) is 2.93. The molecule has 4 heteroatoms. The molecule has 0 aliphatic heterocycles. The summed E-state index contributed by atoms with van der Waals surface area (Å²) in [7, 11) is 0. The van der Waals surface area contributed by atoms with Gasteiger partial charge < -0.3 is 9.67 Å². The van der Waals surface area contributed by atoms with Crippen molar-refractivity contribution in [2.24, 2.45) is 5.92 Å². The molecule has 20 heavy (non-hydrogen) atoms. The van der Waals surface area contributed by atoms with Crippen LogP contribution in [0.2, 0.25) is 0 Å². The second kappa shape index (κ2) is 4.93. The maximum atomic E-state index is 11.1. The third-order valence-electron chi connectivity index (χ3n) is 4.19. The number of carbonyl (C=O) groups is 1. The number of benzene rings is 1. The molecule has 0 radical (unpaired) electrons. The molecule has 3 rings (SSSR count). The van der Waals surface area contributed by atoms with E-state index in [4.69, 9.17) is 5.11 Å². The van der Waals surface area contributed by atoms with Crippen LogP contribution in [0.15, 0.2) is 18.2 Å². The molecule has 1 aliphatic rings. The SMILES string of the molecule is CCCc1nc2cc(C(=O)O)ccc2n1C(C)C1CC1. The number of hydrogen-bond donors (Lipinski definition) is 1. The number of aromatic nitrogens is 2. The first kappa shape index (κ1) is 13.2. The van der Waals surface area contributed by atoms with E-state index in [-0.39, 0.29) is 0 Å². The van der Waals surface area contributed by atoms with E-state index < -0.39 is 5.97 Å². The quantitative estimate of drug-likeness (QED) is 0.903. The molecule has 106 valence electrons. The Morgan fingerprint density at radius 1 is 1.50 bits per heavy atom. The summed E-state index contributed by atoms with van der Waals surface area (Å²) in [6.45, 7) is 4.40. The van der Waals surface area contributed by atoms with Crippen molar-refractivity contribution in [1.82, 2.24) is 9.55 Å². The summed E-state index contributed by atoms with van der Waals surface area (Å²) >= 11 is 0. The average Bonchev–Trinajstić information content (AvgIpc) is 3.19. The molecule has 0 spiro atoms. The number of imidazole rings is 1. The van der Waals surface area contributed by atoms with Crippen molar-refractivity contribution in [1.29, 1.82) is 0 Å². The Morgan fingerprint density at radius 3 is 2.85 bits per heavy atom. The standard InChI is InChI=1S/C16H20N2O2/c1-3-4-15-17-13-9-12(16(19)20)7-8-14(13)18(15)10(2)11-5-6-11/h7-11H,3-6H2,1-2H3,(H,19,20). The molecular weight excluding hydrogens is 252 g/mol. The predicted octanol–water partition coefficient (Wildman–Crippen LogP) is 3.66. The van der Waals surface area contributed by atoms with Gasteiger partial charge in [0.25, 0.3) is 0 Å². The van der Waals surface area contributed by atoms with Crippen molar-refractivity contribution in [3.8, 4) is 0 Å². The molecule has 1 N–H and O–H groups in total. The number of nitrogens with zero attached hydrogens (tertiary/aromatic N) is 2. The number of rotatable bonds is 5. The van der Waals surface area contributed by atoms with Crippen LogP contribution in [0, 0.1) is 5.92 Å². The number of carboxylic acid groups (broad SMARTS) is 1. The zero-order valence-corrected chi connectivity index (χ0v) is 12.0. The Kier molecular flexibility index (Phi) is 3.24. The molecule has 1 aliphatic carbocycles. The van der Waals surface area contributed by atoms with E-state index >= 15 is 0 Å². The smallest absolute Gasteiger partial charge is 0.335 e. The van der Waals surface area contributed by atoms with E-state index in [9.17, 15) is 4.79 Å². The number of hydrogen-bond acceptors (Lipinski definition) is 2. The number of fused-ring (bicyclic) bond motifs is 1. The minimum atomic E-state index is -0.895. The molecule has 1 aromatic carbocycles. The Morgan fingerprint density at radius 2 is 2.25 bits per heavy atom. The Labute approximate surface area is 118 Å². The van der Waals surface area contributed by atoms with Crippen LogP contribution in [-0.4, -0.2) is 20.6 Å². The van der Waals surface area contributed by atoms with E-state index in [1.165, 1.54) is 12.8 Å². The number of aryl methyl sites for hydroxylation is 1. The van der Waals surface area contributed by atoms with Gasteiger partial charge in [0.1, 0.15) is 5.82 Å². The molecule has 0 amide bonds. The Bertz CT molecular complexity index is 656. The van der Waals surface area contributed by atoms with Crippen LogP contribution in [0.1, 0.15) is 55.3 Å². The van der Waals surface area contributed by atoms with Gasteiger partial charge in [0.2, 0.25) is 0 Å². The van der Waals surface area contributed by atoms with Gasteiger partial charge in [-0.25, -0.2) is 9.78 Å². The lowest BCUT2D eigenvalue weighted by Gasteiger charge is -2.17. The molecule has 1 atom stereocenters. The van der Waals surface area contributed by atoms with Crippen LogP contribution in [0.4, 0.5) is 0 Å². The highest BCUT2D eigenvalue weighted by Gasteiger charge is 2.31. The summed E-state index contributed by atoms with van der Waals surface area (Å²) in [5, 5.41) is 9.10. The highest BCUT2D eigenvalue weighted by molar-refractivity contribution is 5.92. The second-order valence-corrected chi connectivity index (χ2v) is 5.73. The van der Waals surface area contributed by atoms with Gasteiger partial charge in [-0.2, -0.15) is 0 Å². The van der Waals surface area contributed by atoms with E-state index in [1.54, 1.807) is 12.1 Å². The van der Waals surface area contributed by atoms with E-state index in [1.807, 2.05) is 6.07 Å². The molecule has 0 bridgehead atoms. The van der Waals surface area contributed by atoms with Gasteiger partial charge in [0.05, 0.1) is 16.6 Å². The zero-order chi connectivity index (χ0) is 14.3. The third kappa shape index (κ3) is 2.19. The topological polar surface area (TPSA) is 55.1 Å². The van der Waals surface area contributed by atoms with Crippen LogP contribution in [0.25, 0.3) is 11.0 Å². The van der Waals surface area contributed by atoms with Gasteiger partial charge in [-0.3, -0.25) is 0 Å². The van der Waals surface area contributed by atoms with Gasteiger partial charge in [0.15, 0.2) is 0 Å². The zero-order valence-electron chi connectivity index (χ0n) is 12.0. The summed E-state index contributed by atoms with van der Waals surface area (Å²) in [4.78, 5) is 15.8. The van der Waals surface area contributed by atoms with Gasteiger partial charge in [0, 0.05) is 12.5 Å². The normalized spacial score (nSPS) is 16.5. The number of carboxylic acids is 1. The second-order valence-electron chi connectivity index (χ2n) is 5.73. The first-order valence-corrected chi connectivity index (χ1v) is 7.36. The lowest BCUT2D eigenvalue weighted by molar-refractivity contribution is 0.0697. The van der Waals surface area contributed by atoms with E-state index in [2.05, 4.69) is 23.4 Å². The van der Waals surface area contributed by atoms with Crippen molar-refractivity contribution >= 4 is 17.0 Å². The monoisotopic (exact) mass is 272 g/mol. The fourth-order valence-electron chi connectivity index (χ4n) is 2.93. The van der Waals surface area contributed by atoms with Gasteiger partial charge in [-0.15, -0.1) is 0 Å². The Hall–Kier alpha value is -1.84. The first-order chi connectivity index (χ1) is 9.61. The van der Waals surface area contributed by atoms with Crippen LogP contribution < -0.4 is 0 Å². The summed E-state index contributed by atoms with van der Waals surface area (Å²) in [6, 6.07) is 5.73. The van der Waals surface area contributed by atoms with Crippen LogP contribution in [-0.2, 0) is 6.42 Å². The maximum absolute atomic E-state index is 11.1. The predicted molar refractivity (Wildman–Crippen MR) is 78.1 cm³/mol. The molecule has 1 fully saturated rings. The van der Waals surface area contributed by atoms with Gasteiger partial charge in [-0.05, 0) is 50.3 Å². The van der Waals surface area contributed by atoms with Crippen LogP contribution in [0.5, 0.6) is 0 Å². The number of aromatic carboxylic acids is 1. The summed E-state index contributed by atoms with van der Waals surface area (Å²) in [5.74, 6) is 0.945. The first-order valence-electron chi connectivity index (χ1n) is 7.36. The molecule has 1 heterocycles.